The van der Waals surface area contributed by atoms with Crippen LogP contribution < -0.4 is 4.74 Å². The van der Waals surface area contributed by atoms with Crippen LogP contribution in [-0.2, 0) is 11.8 Å². The maximum absolute atomic E-state index is 13.1. The van der Waals surface area contributed by atoms with Crippen molar-refractivity contribution < 1.29 is 14.6 Å². The largest absolute Gasteiger partial charge is 0.494 e. The van der Waals surface area contributed by atoms with Crippen molar-refractivity contribution in [1.82, 2.24) is 9.55 Å². The van der Waals surface area contributed by atoms with Gasteiger partial charge in [0.15, 0.2) is 10.9 Å². The summed E-state index contributed by atoms with van der Waals surface area (Å²) < 4.78 is 7.62. The first kappa shape index (κ1) is 24.1. The summed E-state index contributed by atoms with van der Waals surface area (Å²) in [5.41, 5.74) is -0.835. The van der Waals surface area contributed by atoms with E-state index < -0.39 is 5.60 Å². The number of benzene rings is 1. The van der Waals surface area contributed by atoms with E-state index in [1.54, 1.807) is 18.3 Å². The monoisotopic (exact) mass is 452 g/mol. The highest BCUT2D eigenvalue weighted by Gasteiger charge is 2.41. The number of carbonyl (C=O) groups excluding carboxylic acids is 1. The topological polar surface area (TPSA) is 64.4 Å². The Labute approximate surface area is 194 Å². The van der Waals surface area contributed by atoms with Gasteiger partial charge in [-0.05, 0) is 55.7 Å². The molecule has 32 heavy (non-hydrogen) atoms. The molecule has 170 valence electrons. The lowest BCUT2D eigenvalue weighted by atomic mass is 9.90. The zero-order valence-corrected chi connectivity index (χ0v) is 19.7. The number of aryl methyl sites for hydroxylation is 1. The Morgan fingerprint density at radius 3 is 2.75 bits per heavy atom. The number of ether oxygens (including phenoxy) is 1. The first-order valence-corrected chi connectivity index (χ1v) is 12.1. The van der Waals surface area contributed by atoms with Gasteiger partial charge >= 0.3 is 0 Å². The summed E-state index contributed by atoms with van der Waals surface area (Å²) in [4.78, 5) is 18.0. The molecule has 1 aliphatic rings. The maximum Gasteiger partial charge on any atom is 0.198 e. The third-order valence-electron chi connectivity index (χ3n) is 5.37. The second-order valence-corrected chi connectivity index (χ2v) is 8.96. The van der Waals surface area contributed by atoms with Crippen molar-refractivity contribution in [3.63, 3.8) is 0 Å². The zero-order valence-electron chi connectivity index (χ0n) is 18.9. The molecule has 0 saturated carbocycles. The SMILES string of the molecule is CCCC/C=C/C=C1\C(=O)C(Sc2nccn2C)=CC1(O)CCCCOc1ccccc1. The molecule has 0 amide bonds. The molecule has 0 radical (unpaired) electrons. The molecule has 5 nitrogen and oxygen atoms in total. The summed E-state index contributed by atoms with van der Waals surface area (Å²) >= 11 is 1.30. The third kappa shape index (κ3) is 6.47. The number of rotatable bonds is 12. The number of imidazole rings is 1. The van der Waals surface area contributed by atoms with Gasteiger partial charge in [-0.2, -0.15) is 0 Å². The molecule has 6 heteroatoms. The second kappa shape index (κ2) is 11.9. The summed E-state index contributed by atoms with van der Waals surface area (Å²) in [6.07, 6.45) is 16.2. The molecule has 0 fully saturated rings. The fraction of sp³-hybridized carbons (Fsp3) is 0.385. The molecular weight excluding hydrogens is 420 g/mol. The number of Topliss-reactive ketones (excluding diaryl/α,β-unsaturated/α-hetero) is 1. The van der Waals surface area contributed by atoms with Crippen LogP contribution in [0.4, 0.5) is 0 Å². The van der Waals surface area contributed by atoms with Crippen LogP contribution >= 0.6 is 11.8 Å². The minimum atomic E-state index is -1.27. The van der Waals surface area contributed by atoms with Crippen molar-refractivity contribution in [3.05, 3.63) is 77.5 Å². The molecule has 2 aromatic rings. The van der Waals surface area contributed by atoms with Gasteiger partial charge in [0.25, 0.3) is 0 Å². The average Bonchev–Trinajstić information content (AvgIpc) is 3.29. The van der Waals surface area contributed by atoms with E-state index in [2.05, 4.69) is 18.0 Å². The van der Waals surface area contributed by atoms with Gasteiger partial charge in [-0.25, -0.2) is 4.98 Å². The predicted octanol–water partition coefficient (Wildman–Crippen LogP) is 5.63. The number of carbonyl (C=O) groups is 1. The van der Waals surface area contributed by atoms with E-state index in [4.69, 9.17) is 4.74 Å². The molecule has 0 bridgehead atoms. The summed E-state index contributed by atoms with van der Waals surface area (Å²) in [6, 6.07) is 9.70. The minimum Gasteiger partial charge on any atom is -0.494 e. The lowest BCUT2D eigenvalue weighted by Crippen LogP contribution is -2.28. The molecule has 1 aliphatic carbocycles. The van der Waals surface area contributed by atoms with E-state index in [1.807, 2.05) is 54.2 Å². The Bertz CT molecular complexity index is 978. The van der Waals surface area contributed by atoms with Crippen LogP contribution in [0.15, 0.2) is 82.7 Å². The van der Waals surface area contributed by atoms with Gasteiger partial charge in [-0.15, -0.1) is 0 Å². The number of hydrogen-bond donors (Lipinski definition) is 1. The number of aromatic nitrogens is 2. The summed E-state index contributed by atoms with van der Waals surface area (Å²) in [5.74, 6) is 0.717. The number of aliphatic hydroxyl groups is 1. The van der Waals surface area contributed by atoms with Crippen LogP contribution in [0, 0.1) is 0 Å². The number of thioether (sulfide) groups is 1. The smallest absolute Gasteiger partial charge is 0.198 e. The highest BCUT2D eigenvalue weighted by Crippen LogP contribution is 2.41. The summed E-state index contributed by atoms with van der Waals surface area (Å²) in [5, 5.41) is 12.2. The van der Waals surface area contributed by atoms with Crippen molar-refractivity contribution in [2.24, 2.45) is 7.05 Å². The predicted molar refractivity (Wildman–Crippen MR) is 130 cm³/mol. The Morgan fingerprint density at radius 2 is 2.03 bits per heavy atom. The van der Waals surface area contributed by atoms with Crippen LogP contribution in [-0.4, -0.2) is 32.6 Å². The lowest BCUT2D eigenvalue weighted by molar-refractivity contribution is -0.112. The first-order valence-electron chi connectivity index (χ1n) is 11.2. The van der Waals surface area contributed by atoms with Gasteiger partial charge in [0.1, 0.15) is 11.4 Å². The number of ketones is 1. The van der Waals surface area contributed by atoms with Crippen molar-refractivity contribution in [1.29, 1.82) is 0 Å². The van der Waals surface area contributed by atoms with E-state index in [-0.39, 0.29) is 5.78 Å². The molecule has 1 N–H and O–H groups in total. The van der Waals surface area contributed by atoms with Crippen molar-refractivity contribution in [2.75, 3.05) is 6.61 Å². The van der Waals surface area contributed by atoms with Crippen LogP contribution in [0.1, 0.15) is 45.4 Å². The Balaban J connectivity index is 1.66. The molecule has 0 spiro atoms. The van der Waals surface area contributed by atoms with Gasteiger partial charge in [0, 0.05) is 25.0 Å². The maximum atomic E-state index is 13.1. The number of hydrogen-bond acceptors (Lipinski definition) is 5. The molecule has 1 unspecified atom stereocenters. The van der Waals surface area contributed by atoms with Crippen molar-refractivity contribution in [3.8, 4) is 5.75 Å². The van der Waals surface area contributed by atoms with Gasteiger partial charge in [0.2, 0.25) is 0 Å². The minimum absolute atomic E-state index is 0.124. The third-order valence-corrected chi connectivity index (χ3v) is 6.47. The van der Waals surface area contributed by atoms with E-state index in [0.29, 0.717) is 23.5 Å². The fourth-order valence-electron chi connectivity index (χ4n) is 3.53. The van der Waals surface area contributed by atoms with Crippen molar-refractivity contribution in [2.45, 2.75) is 56.2 Å². The van der Waals surface area contributed by atoms with E-state index in [9.17, 15) is 9.90 Å². The zero-order chi connectivity index (χ0) is 22.8. The summed E-state index contributed by atoms with van der Waals surface area (Å²) in [7, 11) is 1.89. The lowest BCUT2D eigenvalue weighted by Gasteiger charge is -2.22. The van der Waals surface area contributed by atoms with E-state index in [0.717, 1.165) is 43.0 Å². The molecule has 3 rings (SSSR count). The van der Waals surface area contributed by atoms with Crippen molar-refractivity contribution >= 4 is 17.5 Å². The molecule has 1 aromatic heterocycles. The first-order chi connectivity index (χ1) is 15.5. The second-order valence-electron chi connectivity index (χ2n) is 7.95. The quantitative estimate of drug-likeness (QED) is 0.334. The van der Waals surface area contributed by atoms with E-state index >= 15 is 0 Å². The van der Waals surface area contributed by atoms with Crippen LogP contribution in [0.25, 0.3) is 0 Å². The molecule has 1 aromatic carbocycles. The van der Waals surface area contributed by atoms with Gasteiger partial charge < -0.3 is 14.4 Å². The average molecular weight is 453 g/mol. The highest BCUT2D eigenvalue weighted by atomic mass is 32.2. The Kier molecular flexibility index (Phi) is 8.94. The number of allylic oxidation sites excluding steroid dienone is 4. The molecular formula is C26H32N2O3S. The highest BCUT2D eigenvalue weighted by molar-refractivity contribution is 8.03. The van der Waals surface area contributed by atoms with Gasteiger partial charge in [0.05, 0.1) is 11.5 Å². The number of nitrogens with zero attached hydrogens (tertiary/aromatic N) is 2. The van der Waals surface area contributed by atoms with Crippen LogP contribution in [0.5, 0.6) is 5.75 Å². The van der Waals surface area contributed by atoms with Gasteiger partial charge in [-0.3, -0.25) is 4.79 Å². The number of unbranched alkanes of at least 4 members (excludes halogenated alkanes) is 3. The molecule has 1 heterocycles. The number of para-hydroxylation sites is 1. The fourth-order valence-corrected chi connectivity index (χ4v) is 4.50. The summed E-state index contributed by atoms with van der Waals surface area (Å²) in [6.45, 7) is 2.72. The normalized spacial score (nSPS) is 19.8. The van der Waals surface area contributed by atoms with Gasteiger partial charge in [-0.1, -0.05) is 56.2 Å². The van der Waals surface area contributed by atoms with Crippen LogP contribution in [0.3, 0.4) is 0 Å². The molecule has 0 aliphatic heterocycles. The van der Waals surface area contributed by atoms with E-state index in [1.165, 1.54) is 11.8 Å². The Hall–Kier alpha value is -2.57. The van der Waals surface area contributed by atoms with Crippen LogP contribution in [0.2, 0.25) is 0 Å². The molecule has 0 saturated heterocycles. The Morgan fingerprint density at radius 1 is 1.22 bits per heavy atom. The molecule has 1 atom stereocenters. The standard InChI is InChI=1S/C26H32N2O3S/c1-3-4-5-6-10-15-22-24(29)23(32-25-27-17-18-28(25)2)20-26(22,30)16-11-12-19-31-21-13-8-7-9-14-21/h6-10,13-15,17-18,20,30H,3-5,11-12,16,19H2,1-2H3/b10-6+,22-15+.